The normalized spacial score (nSPS) is 16.7. The minimum Gasteiger partial charge on any atom is -0.343 e. The van der Waals surface area contributed by atoms with E-state index >= 15 is 0 Å². The van der Waals surface area contributed by atoms with Gasteiger partial charge in [0.2, 0.25) is 5.91 Å². The second kappa shape index (κ2) is 7.04. The second-order valence-electron chi connectivity index (χ2n) is 6.75. The lowest BCUT2D eigenvalue weighted by Crippen LogP contribution is -2.39. The van der Waals surface area contributed by atoms with E-state index in [0.29, 0.717) is 0 Å². The largest absolute Gasteiger partial charge is 0.343 e. The molecule has 2 amide bonds. The summed E-state index contributed by atoms with van der Waals surface area (Å²) in [4.78, 5) is 28.3. The Morgan fingerprint density at radius 1 is 1.04 bits per heavy atom. The summed E-state index contributed by atoms with van der Waals surface area (Å²) in [5, 5.41) is 3.85. The summed E-state index contributed by atoms with van der Waals surface area (Å²) in [5.41, 5.74) is 1.95. The third-order valence-corrected chi connectivity index (χ3v) is 6.38. The van der Waals surface area contributed by atoms with Crippen LogP contribution in [0.1, 0.15) is 46.5 Å². The first-order valence-electron chi connectivity index (χ1n) is 9.08. The highest BCUT2D eigenvalue weighted by molar-refractivity contribution is 7.15. The molecular weight excluding hydrogens is 334 g/mol. The highest BCUT2D eigenvalue weighted by Crippen LogP contribution is 2.36. The summed E-state index contributed by atoms with van der Waals surface area (Å²) < 4.78 is 2.01. The van der Waals surface area contributed by atoms with Crippen molar-refractivity contribution in [2.45, 2.75) is 38.5 Å². The zero-order chi connectivity index (χ0) is 17.2. The lowest BCUT2D eigenvalue weighted by molar-refractivity contribution is -0.129. The van der Waals surface area contributed by atoms with E-state index in [0.717, 1.165) is 55.8 Å². The highest BCUT2D eigenvalue weighted by atomic mass is 32.1. The van der Waals surface area contributed by atoms with Crippen LogP contribution in [0.15, 0.2) is 24.5 Å². The monoisotopic (exact) mass is 357 g/mol. The molecule has 0 unspecified atom stereocenters. The van der Waals surface area contributed by atoms with Gasteiger partial charge in [-0.2, -0.15) is 0 Å². The van der Waals surface area contributed by atoms with Gasteiger partial charge >= 0.3 is 0 Å². The topological polar surface area (TPSA) is 54.3 Å². The number of aromatic nitrogens is 1. The van der Waals surface area contributed by atoms with Crippen molar-refractivity contribution in [1.82, 2.24) is 14.8 Å². The lowest BCUT2D eigenvalue weighted by Gasteiger charge is -2.16. The molecule has 1 N–H and O–H groups in total. The molecule has 3 heterocycles. The van der Waals surface area contributed by atoms with Gasteiger partial charge in [0.05, 0.1) is 12.1 Å². The van der Waals surface area contributed by atoms with Crippen molar-refractivity contribution in [2.24, 2.45) is 0 Å². The fraction of sp³-hybridized carbons (Fsp3) is 0.474. The Morgan fingerprint density at radius 3 is 2.52 bits per heavy atom. The van der Waals surface area contributed by atoms with Gasteiger partial charge < -0.3 is 14.8 Å². The van der Waals surface area contributed by atoms with Crippen molar-refractivity contribution in [2.75, 3.05) is 19.6 Å². The van der Waals surface area contributed by atoms with Gasteiger partial charge in [0, 0.05) is 30.4 Å². The average molecular weight is 357 g/mol. The number of carbonyl (C=O) groups excluding carboxylic acids is 2. The first-order chi connectivity index (χ1) is 12.2. The maximum absolute atomic E-state index is 12.9. The van der Waals surface area contributed by atoms with Crippen LogP contribution in [0.3, 0.4) is 0 Å². The van der Waals surface area contributed by atoms with Crippen molar-refractivity contribution >= 4 is 23.2 Å². The van der Waals surface area contributed by atoms with Crippen molar-refractivity contribution in [3.05, 3.63) is 40.5 Å². The molecule has 0 bridgehead atoms. The number of carbonyl (C=O) groups is 2. The summed E-state index contributed by atoms with van der Waals surface area (Å²) >= 11 is 1.71. The van der Waals surface area contributed by atoms with E-state index in [9.17, 15) is 9.59 Å². The molecule has 132 valence electrons. The molecule has 1 saturated heterocycles. The predicted molar refractivity (Wildman–Crippen MR) is 98.4 cm³/mol. The van der Waals surface area contributed by atoms with Crippen LogP contribution in [0.25, 0.3) is 5.00 Å². The van der Waals surface area contributed by atoms with Crippen molar-refractivity contribution < 1.29 is 9.59 Å². The van der Waals surface area contributed by atoms with Crippen LogP contribution in [0.4, 0.5) is 0 Å². The molecule has 1 aliphatic carbocycles. The summed E-state index contributed by atoms with van der Waals surface area (Å²) in [5.74, 6) is -0.0897. The number of hydrogen-bond donors (Lipinski definition) is 1. The molecule has 0 radical (unpaired) electrons. The average Bonchev–Trinajstić information content (AvgIpc) is 3.39. The highest BCUT2D eigenvalue weighted by Gasteiger charge is 2.27. The Balaban J connectivity index is 1.56. The number of nitrogens with one attached hydrogen (secondary N) is 1. The molecule has 2 aliphatic rings. The van der Waals surface area contributed by atoms with Crippen LogP contribution in [-0.4, -0.2) is 40.9 Å². The lowest BCUT2D eigenvalue weighted by atomic mass is 9.95. The van der Waals surface area contributed by atoms with Crippen LogP contribution in [0, 0.1) is 0 Å². The molecule has 4 rings (SSSR count). The van der Waals surface area contributed by atoms with Gasteiger partial charge in [0.1, 0.15) is 5.00 Å². The summed E-state index contributed by atoms with van der Waals surface area (Å²) in [6, 6.07) is 3.94. The molecule has 1 fully saturated rings. The van der Waals surface area contributed by atoms with Crippen molar-refractivity contribution in [3.8, 4) is 5.00 Å². The SMILES string of the molecule is O=C(NCC(=O)N1CCCC1)c1c(-n2cccc2)sc2c1CCCC2. The van der Waals surface area contributed by atoms with E-state index in [2.05, 4.69) is 5.32 Å². The molecule has 0 saturated carbocycles. The first-order valence-corrected chi connectivity index (χ1v) is 9.89. The summed E-state index contributed by atoms with van der Waals surface area (Å²) in [7, 11) is 0. The smallest absolute Gasteiger partial charge is 0.255 e. The van der Waals surface area contributed by atoms with Crippen LogP contribution in [0.2, 0.25) is 0 Å². The Bertz CT molecular complexity index is 773. The number of aryl methyl sites for hydroxylation is 1. The molecule has 5 nitrogen and oxygen atoms in total. The fourth-order valence-corrected chi connectivity index (χ4v) is 5.11. The van der Waals surface area contributed by atoms with E-state index in [4.69, 9.17) is 0 Å². The molecular formula is C19H23N3O2S. The van der Waals surface area contributed by atoms with Gasteiger partial charge in [-0.1, -0.05) is 0 Å². The van der Waals surface area contributed by atoms with Crippen LogP contribution < -0.4 is 5.32 Å². The fourth-order valence-electron chi connectivity index (χ4n) is 3.76. The number of hydrogen-bond acceptors (Lipinski definition) is 3. The van der Waals surface area contributed by atoms with Crippen LogP contribution in [-0.2, 0) is 17.6 Å². The number of thiophene rings is 1. The molecule has 1 aliphatic heterocycles. The number of fused-ring (bicyclic) bond motifs is 1. The Hall–Kier alpha value is -2.08. The minimum absolute atomic E-state index is 0.0254. The van der Waals surface area contributed by atoms with Gasteiger partial charge in [0.25, 0.3) is 5.91 Å². The van der Waals surface area contributed by atoms with E-state index in [1.54, 1.807) is 11.3 Å². The number of likely N-dealkylation sites (tertiary alicyclic amines) is 1. The van der Waals surface area contributed by atoms with Gasteiger partial charge in [-0.05, 0) is 56.2 Å². The number of nitrogens with zero attached hydrogens (tertiary/aromatic N) is 2. The van der Waals surface area contributed by atoms with Gasteiger partial charge in [-0.15, -0.1) is 11.3 Å². The molecule has 6 heteroatoms. The van der Waals surface area contributed by atoms with Crippen molar-refractivity contribution in [1.29, 1.82) is 0 Å². The van der Waals surface area contributed by atoms with E-state index < -0.39 is 0 Å². The van der Waals surface area contributed by atoms with E-state index in [-0.39, 0.29) is 18.4 Å². The van der Waals surface area contributed by atoms with Crippen LogP contribution in [0.5, 0.6) is 0 Å². The predicted octanol–water partition coefficient (Wildman–Crippen LogP) is 2.77. The summed E-state index contributed by atoms with van der Waals surface area (Å²) in [6.45, 7) is 1.73. The van der Waals surface area contributed by atoms with Crippen LogP contribution >= 0.6 is 11.3 Å². The minimum atomic E-state index is -0.115. The molecule has 0 spiro atoms. The molecule has 25 heavy (non-hydrogen) atoms. The third kappa shape index (κ3) is 3.23. The molecule has 0 atom stereocenters. The molecule has 2 aromatic heterocycles. The zero-order valence-electron chi connectivity index (χ0n) is 14.3. The molecule has 2 aromatic rings. The Labute approximate surface area is 151 Å². The van der Waals surface area contributed by atoms with Gasteiger partial charge in [-0.25, -0.2) is 0 Å². The second-order valence-corrected chi connectivity index (χ2v) is 7.84. The van der Waals surface area contributed by atoms with E-state index in [1.807, 2.05) is 34.0 Å². The Kier molecular flexibility index (Phi) is 4.61. The third-order valence-electron chi connectivity index (χ3n) is 5.08. The quantitative estimate of drug-likeness (QED) is 0.915. The maximum atomic E-state index is 12.9. The van der Waals surface area contributed by atoms with Gasteiger partial charge in [0.15, 0.2) is 0 Å². The maximum Gasteiger partial charge on any atom is 0.255 e. The Morgan fingerprint density at radius 2 is 1.76 bits per heavy atom. The standard InChI is InChI=1S/C19H23N3O2S/c23-16(21-9-3-4-10-21)13-20-18(24)17-14-7-1-2-8-15(14)25-19(17)22-11-5-6-12-22/h5-6,11-12H,1-4,7-10,13H2,(H,20,24). The number of amides is 2. The van der Waals surface area contributed by atoms with Gasteiger partial charge in [-0.3, -0.25) is 9.59 Å². The zero-order valence-corrected chi connectivity index (χ0v) is 15.1. The number of rotatable bonds is 4. The van der Waals surface area contributed by atoms with Crippen molar-refractivity contribution in [3.63, 3.8) is 0 Å². The summed E-state index contributed by atoms with van der Waals surface area (Å²) in [6.07, 6.45) is 10.4. The van der Waals surface area contributed by atoms with E-state index in [1.165, 1.54) is 16.9 Å². The first kappa shape index (κ1) is 16.4. The molecule has 0 aromatic carbocycles.